The lowest BCUT2D eigenvalue weighted by Gasteiger charge is -2.40. The van der Waals surface area contributed by atoms with Gasteiger partial charge in [-0.2, -0.15) is 11.8 Å². The summed E-state index contributed by atoms with van der Waals surface area (Å²) in [5.74, 6) is 0. The van der Waals surface area contributed by atoms with Gasteiger partial charge in [-0.25, -0.2) is 4.79 Å². The lowest BCUT2D eigenvalue weighted by molar-refractivity contribution is 0.319. The summed E-state index contributed by atoms with van der Waals surface area (Å²) in [4.78, 5) is 13.9. The number of nitrogens with zero attached hydrogens (tertiary/aromatic N) is 1. The Balaban J connectivity index is 2.13. The third kappa shape index (κ3) is 1.55. The van der Waals surface area contributed by atoms with Gasteiger partial charge in [-0.15, -0.1) is 0 Å². The van der Waals surface area contributed by atoms with Gasteiger partial charge in [-0.05, 0) is 19.1 Å². The van der Waals surface area contributed by atoms with Gasteiger partial charge in [-0.1, -0.05) is 6.42 Å². The van der Waals surface area contributed by atoms with Crippen molar-refractivity contribution in [1.29, 1.82) is 0 Å². The number of thioether (sulfide) groups is 1. The van der Waals surface area contributed by atoms with Gasteiger partial charge < -0.3 is 4.98 Å². The van der Waals surface area contributed by atoms with E-state index in [0.29, 0.717) is 4.75 Å². The highest BCUT2D eigenvalue weighted by atomic mass is 32.2. The van der Waals surface area contributed by atoms with Crippen molar-refractivity contribution in [2.24, 2.45) is 0 Å². The summed E-state index contributed by atoms with van der Waals surface area (Å²) in [5.41, 5.74) is 0.0142. The van der Waals surface area contributed by atoms with Gasteiger partial charge in [0, 0.05) is 23.7 Å². The maximum atomic E-state index is 11.3. The van der Waals surface area contributed by atoms with Crippen LogP contribution in [0.3, 0.4) is 0 Å². The third-order valence-corrected chi connectivity index (χ3v) is 4.28. The predicted octanol–water partition coefficient (Wildman–Crippen LogP) is 1.46. The Morgan fingerprint density at radius 3 is 2.85 bits per heavy atom. The van der Waals surface area contributed by atoms with E-state index in [1.54, 1.807) is 10.8 Å². The Morgan fingerprint density at radius 1 is 1.69 bits per heavy atom. The van der Waals surface area contributed by atoms with Gasteiger partial charge in [0.05, 0.1) is 0 Å². The molecule has 2 rings (SSSR count). The summed E-state index contributed by atoms with van der Waals surface area (Å²) >= 11 is 1.89. The smallest absolute Gasteiger partial charge is 0.313 e. The molecule has 1 N–H and O–H groups in total. The van der Waals surface area contributed by atoms with Crippen LogP contribution in [0.25, 0.3) is 0 Å². The van der Waals surface area contributed by atoms with E-state index in [1.807, 2.05) is 18.0 Å². The van der Waals surface area contributed by atoms with Crippen molar-refractivity contribution >= 4 is 11.8 Å². The summed E-state index contributed by atoms with van der Waals surface area (Å²) in [7, 11) is 0. The van der Waals surface area contributed by atoms with E-state index in [0.717, 1.165) is 6.54 Å². The zero-order valence-electron chi connectivity index (χ0n) is 7.75. The van der Waals surface area contributed by atoms with Crippen LogP contribution in [-0.4, -0.2) is 20.6 Å². The van der Waals surface area contributed by atoms with Gasteiger partial charge in [-0.3, -0.25) is 4.57 Å². The molecule has 0 atom stereocenters. The van der Waals surface area contributed by atoms with Gasteiger partial charge in [0.1, 0.15) is 0 Å². The lowest BCUT2D eigenvalue weighted by atomic mass is 9.84. The molecular formula is C9H14N2OS. The second-order valence-electron chi connectivity index (χ2n) is 3.63. The Hall–Kier alpha value is -0.640. The molecule has 4 heteroatoms. The van der Waals surface area contributed by atoms with Crippen molar-refractivity contribution in [2.75, 3.05) is 6.26 Å². The molecule has 0 unspecified atom stereocenters. The van der Waals surface area contributed by atoms with Crippen LogP contribution >= 0.6 is 11.8 Å². The molecule has 1 aliphatic rings. The number of H-pyrrole nitrogens is 1. The fourth-order valence-electron chi connectivity index (χ4n) is 1.78. The molecule has 3 nitrogen and oxygen atoms in total. The predicted molar refractivity (Wildman–Crippen MR) is 55.1 cm³/mol. The number of hydrogen-bond acceptors (Lipinski definition) is 2. The van der Waals surface area contributed by atoms with Crippen molar-refractivity contribution in [1.82, 2.24) is 9.55 Å². The SMILES string of the molecule is CSC1(Cn2cc[nH]c2=O)CCC1. The zero-order chi connectivity index (χ0) is 9.31. The van der Waals surface area contributed by atoms with Gasteiger partial charge in [0.2, 0.25) is 0 Å². The number of hydrogen-bond donors (Lipinski definition) is 1. The first-order valence-electron chi connectivity index (χ1n) is 4.55. The van der Waals surface area contributed by atoms with E-state index in [1.165, 1.54) is 19.3 Å². The van der Waals surface area contributed by atoms with Gasteiger partial charge in [0.25, 0.3) is 0 Å². The Kier molecular flexibility index (Phi) is 2.24. The van der Waals surface area contributed by atoms with Crippen LogP contribution in [0.5, 0.6) is 0 Å². The fourth-order valence-corrected chi connectivity index (χ4v) is 2.75. The van der Waals surface area contributed by atoms with Crippen LogP contribution < -0.4 is 5.69 Å². The maximum Gasteiger partial charge on any atom is 0.325 e. The van der Waals surface area contributed by atoms with Crippen LogP contribution in [0, 0.1) is 0 Å². The number of aromatic nitrogens is 2. The molecule has 13 heavy (non-hydrogen) atoms. The van der Waals surface area contributed by atoms with Gasteiger partial charge in [0.15, 0.2) is 0 Å². The molecule has 1 heterocycles. The van der Waals surface area contributed by atoms with E-state index in [9.17, 15) is 4.79 Å². The van der Waals surface area contributed by atoms with Crippen molar-refractivity contribution in [3.63, 3.8) is 0 Å². The third-order valence-electron chi connectivity index (χ3n) is 2.88. The molecule has 1 fully saturated rings. The highest BCUT2D eigenvalue weighted by Gasteiger charge is 2.36. The van der Waals surface area contributed by atoms with Crippen molar-refractivity contribution in [2.45, 2.75) is 30.6 Å². The first-order valence-corrected chi connectivity index (χ1v) is 5.77. The van der Waals surface area contributed by atoms with Crippen LogP contribution in [0.1, 0.15) is 19.3 Å². The van der Waals surface area contributed by atoms with Crippen molar-refractivity contribution in [3.8, 4) is 0 Å². The standard InChI is InChI=1S/C9H14N2OS/c1-13-9(3-2-4-9)7-11-6-5-10-8(11)12/h5-6H,2-4,7H2,1H3,(H,10,12). The van der Waals surface area contributed by atoms with Crippen LogP contribution in [-0.2, 0) is 6.54 Å². The van der Waals surface area contributed by atoms with Crippen LogP contribution in [0.4, 0.5) is 0 Å². The summed E-state index contributed by atoms with van der Waals surface area (Å²) < 4.78 is 2.11. The molecule has 0 amide bonds. The fraction of sp³-hybridized carbons (Fsp3) is 0.667. The highest BCUT2D eigenvalue weighted by Crippen LogP contribution is 2.43. The Morgan fingerprint density at radius 2 is 2.46 bits per heavy atom. The van der Waals surface area contributed by atoms with E-state index < -0.39 is 0 Å². The van der Waals surface area contributed by atoms with E-state index in [-0.39, 0.29) is 5.69 Å². The molecule has 72 valence electrons. The molecule has 1 aromatic rings. The topological polar surface area (TPSA) is 37.8 Å². The number of nitrogens with one attached hydrogen (secondary N) is 1. The van der Waals surface area contributed by atoms with Crippen molar-refractivity contribution < 1.29 is 0 Å². The largest absolute Gasteiger partial charge is 0.325 e. The second-order valence-corrected chi connectivity index (χ2v) is 4.91. The first-order chi connectivity index (χ1) is 6.26. The molecule has 0 radical (unpaired) electrons. The Bertz CT molecular complexity index is 332. The minimum Gasteiger partial charge on any atom is -0.313 e. The highest BCUT2D eigenvalue weighted by molar-refractivity contribution is 8.00. The Labute approximate surface area is 81.5 Å². The molecule has 0 saturated heterocycles. The summed E-state index contributed by atoms with van der Waals surface area (Å²) in [6.07, 6.45) is 9.46. The van der Waals surface area contributed by atoms with Crippen LogP contribution in [0.15, 0.2) is 17.2 Å². The zero-order valence-corrected chi connectivity index (χ0v) is 8.56. The molecule has 0 aliphatic heterocycles. The van der Waals surface area contributed by atoms with Gasteiger partial charge >= 0.3 is 5.69 Å². The molecule has 0 spiro atoms. The minimum absolute atomic E-state index is 0.0142. The molecule has 0 aromatic carbocycles. The molecule has 0 bridgehead atoms. The number of aromatic amines is 1. The van der Waals surface area contributed by atoms with E-state index in [2.05, 4.69) is 11.2 Å². The van der Waals surface area contributed by atoms with Crippen molar-refractivity contribution in [3.05, 3.63) is 22.9 Å². The normalized spacial score (nSPS) is 19.8. The number of rotatable bonds is 3. The van der Waals surface area contributed by atoms with Crippen LogP contribution in [0.2, 0.25) is 0 Å². The summed E-state index contributed by atoms with van der Waals surface area (Å²) in [6, 6.07) is 0. The first kappa shape index (κ1) is 8.94. The molecule has 1 aliphatic carbocycles. The van der Waals surface area contributed by atoms with E-state index in [4.69, 9.17) is 0 Å². The molecule has 1 saturated carbocycles. The molecule has 1 aromatic heterocycles. The average molecular weight is 198 g/mol. The average Bonchev–Trinajstić information content (AvgIpc) is 2.44. The summed E-state index contributed by atoms with van der Waals surface area (Å²) in [6.45, 7) is 0.858. The quantitative estimate of drug-likeness (QED) is 0.798. The minimum atomic E-state index is 0.0142. The lowest BCUT2D eigenvalue weighted by Crippen LogP contribution is -2.40. The number of imidazole rings is 1. The molecular weight excluding hydrogens is 184 g/mol. The van der Waals surface area contributed by atoms with E-state index >= 15 is 0 Å². The maximum absolute atomic E-state index is 11.3. The second kappa shape index (κ2) is 3.25. The monoisotopic (exact) mass is 198 g/mol. The summed E-state index contributed by atoms with van der Waals surface area (Å²) in [5, 5.41) is 0.